The van der Waals surface area contributed by atoms with E-state index in [-0.39, 0.29) is 11.9 Å². The summed E-state index contributed by atoms with van der Waals surface area (Å²) in [5.74, 6) is 0.582. The second kappa shape index (κ2) is 7.49. The first-order valence-corrected chi connectivity index (χ1v) is 6.82. The zero-order valence-corrected chi connectivity index (χ0v) is 11.0. The molecule has 0 radical (unpaired) electrons. The molecule has 17 heavy (non-hydrogen) atoms. The van der Waals surface area contributed by atoms with E-state index in [1.54, 1.807) is 6.08 Å². The van der Waals surface area contributed by atoms with Crippen LogP contribution in [-0.4, -0.2) is 18.0 Å². The zero-order valence-electron chi connectivity index (χ0n) is 11.0. The van der Waals surface area contributed by atoms with Gasteiger partial charge in [0.25, 0.3) is 0 Å². The van der Waals surface area contributed by atoms with Gasteiger partial charge < -0.3 is 11.1 Å². The summed E-state index contributed by atoms with van der Waals surface area (Å²) in [6, 6.07) is -0.197. The molecule has 3 heteroatoms. The quantitative estimate of drug-likeness (QED) is 0.570. The average Bonchev–Trinajstić information content (AvgIpc) is 2.57. The molecule has 0 aromatic heterocycles. The summed E-state index contributed by atoms with van der Waals surface area (Å²) in [5, 5.41) is 3.05. The zero-order chi connectivity index (χ0) is 12.7. The molecule has 1 aliphatic rings. The lowest BCUT2D eigenvalue weighted by Crippen LogP contribution is -2.46. The fraction of sp³-hybridized carbons (Fsp3) is 0.786. The maximum Gasteiger partial charge on any atom is 0.237 e. The van der Waals surface area contributed by atoms with E-state index in [1.807, 2.05) is 0 Å². The molecule has 1 unspecified atom stereocenters. The van der Waals surface area contributed by atoms with Gasteiger partial charge in [-0.25, -0.2) is 0 Å². The molecular formula is C14H26N2O. The molecule has 1 fully saturated rings. The van der Waals surface area contributed by atoms with Crippen LogP contribution in [0.25, 0.3) is 0 Å². The Morgan fingerprint density at radius 3 is 2.53 bits per heavy atom. The van der Waals surface area contributed by atoms with E-state index in [0.717, 1.165) is 0 Å². The summed E-state index contributed by atoms with van der Waals surface area (Å²) >= 11 is 0. The van der Waals surface area contributed by atoms with Crippen LogP contribution in [-0.2, 0) is 4.79 Å². The number of nitrogens with two attached hydrogens (primary N) is 1. The van der Waals surface area contributed by atoms with Crippen LogP contribution in [0.15, 0.2) is 12.7 Å². The van der Waals surface area contributed by atoms with Gasteiger partial charge in [0.05, 0.1) is 6.04 Å². The van der Waals surface area contributed by atoms with Gasteiger partial charge in [0.15, 0.2) is 0 Å². The monoisotopic (exact) mass is 238 g/mol. The molecule has 1 aliphatic carbocycles. The number of amides is 1. The molecular weight excluding hydrogens is 212 g/mol. The predicted molar refractivity (Wildman–Crippen MR) is 71.6 cm³/mol. The van der Waals surface area contributed by atoms with Crippen LogP contribution in [0.2, 0.25) is 0 Å². The first-order valence-electron chi connectivity index (χ1n) is 6.82. The fourth-order valence-electron chi connectivity index (χ4n) is 2.55. The Kier molecular flexibility index (Phi) is 6.27. The molecule has 1 rings (SSSR count). The van der Waals surface area contributed by atoms with Gasteiger partial charge in [0.1, 0.15) is 0 Å². The molecule has 0 aromatic rings. The summed E-state index contributed by atoms with van der Waals surface area (Å²) in [6.45, 7) is 5.71. The van der Waals surface area contributed by atoms with E-state index in [4.69, 9.17) is 5.73 Å². The highest BCUT2D eigenvalue weighted by Gasteiger charge is 2.22. The Balaban J connectivity index is 2.38. The first-order chi connectivity index (χ1) is 8.15. The van der Waals surface area contributed by atoms with E-state index < -0.39 is 6.04 Å². The summed E-state index contributed by atoms with van der Waals surface area (Å²) in [7, 11) is 0. The predicted octanol–water partition coefficient (Wildman–Crippen LogP) is 2.36. The number of hydrogen-bond acceptors (Lipinski definition) is 2. The molecule has 2 atom stereocenters. The van der Waals surface area contributed by atoms with Crippen molar-refractivity contribution >= 4 is 5.91 Å². The third-order valence-corrected chi connectivity index (χ3v) is 3.73. The van der Waals surface area contributed by atoms with Gasteiger partial charge >= 0.3 is 0 Å². The Hall–Kier alpha value is -0.830. The first kappa shape index (κ1) is 14.2. The minimum absolute atomic E-state index is 0.0401. The Bertz CT molecular complexity index is 245. The molecule has 1 amide bonds. The lowest BCUT2D eigenvalue weighted by atomic mass is 9.93. The normalized spacial score (nSPS) is 21.3. The van der Waals surface area contributed by atoms with Gasteiger partial charge in [-0.05, 0) is 32.1 Å². The van der Waals surface area contributed by atoms with E-state index >= 15 is 0 Å². The van der Waals surface area contributed by atoms with Gasteiger partial charge in [0.2, 0.25) is 5.91 Å². The molecule has 0 saturated heterocycles. The molecule has 98 valence electrons. The van der Waals surface area contributed by atoms with Crippen molar-refractivity contribution in [3.05, 3.63) is 12.7 Å². The largest absolute Gasteiger partial charge is 0.352 e. The lowest BCUT2D eigenvalue weighted by molar-refractivity contribution is -0.123. The van der Waals surface area contributed by atoms with Gasteiger partial charge in [-0.2, -0.15) is 0 Å². The molecule has 0 aromatic carbocycles. The van der Waals surface area contributed by atoms with Crippen LogP contribution in [0.1, 0.15) is 51.9 Å². The number of rotatable bonds is 5. The number of nitrogens with one attached hydrogen (secondary N) is 1. The van der Waals surface area contributed by atoms with Crippen molar-refractivity contribution in [3.63, 3.8) is 0 Å². The van der Waals surface area contributed by atoms with Crippen molar-refractivity contribution in [2.45, 2.75) is 64.0 Å². The number of carbonyl (C=O) groups excluding carboxylic acids is 1. The van der Waals surface area contributed by atoms with E-state index in [1.165, 1.54) is 38.5 Å². The molecule has 3 nitrogen and oxygen atoms in total. The van der Waals surface area contributed by atoms with Crippen molar-refractivity contribution in [2.24, 2.45) is 11.7 Å². The van der Waals surface area contributed by atoms with E-state index in [0.29, 0.717) is 12.3 Å². The van der Waals surface area contributed by atoms with Crippen LogP contribution in [0.5, 0.6) is 0 Å². The van der Waals surface area contributed by atoms with Crippen LogP contribution >= 0.6 is 0 Å². The van der Waals surface area contributed by atoms with Crippen molar-refractivity contribution < 1.29 is 4.79 Å². The maximum absolute atomic E-state index is 11.8. The molecule has 0 bridgehead atoms. The van der Waals surface area contributed by atoms with E-state index in [9.17, 15) is 4.79 Å². The minimum atomic E-state index is -0.444. The highest BCUT2D eigenvalue weighted by molar-refractivity contribution is 5.81. The van der Waals surface area contributed by atoms with Crippen LogP contribution in [0.4, 0.5) is 0 Å². The third-order valence-electron chi connectivity index (χ3n) is 3.73. The Morgan fingerprint density at radius 1 is 1.41 bits per heavy atom. The van der Waals surface area contributed by atoms with Gasteiger partial charge in [-0.15, -0.1) is 6.58 Å². The summed E-state index contributed by atoms with van der Waals surface area (Å²) < 4.78 is 0. The summed E-state index contributed by atoms with van der Waals surface area (Å²) in [4.78, 5) is 11.8. The Labute approximate surface area is 105 Å². The second-order valence-corrected chi connectivity index (χ2v) is 5.18. The maximum atomic E-state index is 11.8. The SMILES string of the molecule is C=CCC(N)C(=O)N[C@@H](C)C1CCCCCC1. The fourth-order valence-corrected chi connectivity index (χ4v) is 2.55. The highest BCUT2D eigenvalue weighted by Crippen LogP contribution is 2.25. The van der Waals surface area contributed by atoms with Crippen LogP contribution in [0, 0.1) is 5.92 Å². The van der Waals surface area contributed by atoms with Gasteiger partial charge in [0, 0.05) is 6.04 Å². The lowest BCUT2D eigenvalue weighted by Gasteiger charge is -2.24. The number of carbonyl (C=O) groups is 1. The van der Waals surface area contributed by atoms with Crippen molar-refractivity contribution in [1.29, 1.82) is 0 Å². The van der Waals surface area contributed by atoms with Crippen molar-refractivity contribution in [1.82, 2.24) is 5.32 Å². The average molecular weight is 238 g/mol. The topological polar surface area (TPSA) is 55.1 Å². The molecule has 0 spiro atoms. The standard InChI is InChI=1S/C14H26N2O/c1-3-8-13(15)14(17)16-11(2)12-9-6-4-5-7-10-12/h3,11-13H,1,4-10,15H2,2H3,(H,16,17)/t11-,13?/m0/s1. The molecule has 3 N–H and O–H groups in total. The smallest absolute Gasteiger partial charge is 0.237 e. The van der Waals surface area contributed by atoms with Gasteiger partial charge in [-0.3, -0.25) is 4.79 Å². The Morgan fingerprint density at radius 2 is 2.00 bits per heavy atom. The summed E-state index contributed by atoms with van der Waals surface area (Å²) in [6.07, 6.45) is 9.98. The van der Waals surface area contributed by atoms with Crippen molar-refractivity contribution in [2.75, 3.05) is 0 Å². The molecule has 0 heterocycles. The third kappa shape index (κ3) is 4.90. The highest BCUT2D eigenvalue weighted by atomic mass is 16.2. The van der Waals surface area contributed by atoms with Crippen molar-refractivity contribution in [3.8, 4) is 0 Å². The molecule has 1 saturated carbocycles. The molecule has 0 aliphatic heterocycles. The van der Waals surface area contributed by atoms with E-state index in [2.05, 4.69) is 18.8 Å². The van der Waals surface area contributed by atoms with Gasteiger partial charge in [-0.1, -0.05) is 31.8 Å². The summed E-state index contributed by atoms with van der Waals surface area (Å²) in [5.41, 5.74) is 5.75. The number of hydrogen-bond donors (Lipinski definition) is 2. The van der Waals surface area contributed by atoms with Crippen LogP contribution in [0.3, 0.4) is 0 Å². The second-order valence-electron chi connectivity index (χ2n) is 5.18. The van der Waals surface area contributed by atoms with Crippen LogP contribution < -0.4 is 11.1 Å². The minimum Gasteiger partial charge on any atom is -0.352 e.